The van der Waals surface area contributed by atoms with Crippen molar-refractivity contribution in [2.75, 3.05) is 0 Å². The molecule has 0 unspecified atom stereocenters. The third-order valence-corrected chi connectivity index (χ3v) is 3.96. The number of aromatic carboxylic acids is 1. The summed E-state index contributed by atoms with van der Waals surface area (Å²) in [6.07, 6.45) is 1.65. The molecule has 0 bridgehead atoms. The molecule has 0 atom stereocenters. The average Bonchev–Trinajstić information content (AvgIpc) is 2.93. The number of fused-ring (bicyclic) bond motifs is 1. The van der Waals surface area contributed by atoms with Gasteiger partial charge in [0.2, 0.25) is 0 Å². The van der Waals surface area contributed by atoms with E-state index in [1.807, 2.05) is 6.92 Å². The second kappa shape index (κ2) is 4.81. The molecule has 20 heavy (non-hydrogen) atoms. The van der Waals surface area contributed by atoms with E-state index in [1.54, 1.807) is 29.8 Å². The van der Waals surface area contributed by atoms with Gasteiger partial charge in [-0.15, -0.1) is 11.3 Å². The number of carboxylic acids is 1. The Morgan fingerprint density at radius 1 is 1.50 bits per heavy atom. The predicted octanol–water partition coefficient (Wildman–Crippen LogP) is 3.85. The summed E-state index contributed by atoms with van der Waals surface area (Å²) in [4.78, 5) is 16.1. The summed E-state index contributed by atoms with van der Waals surface area (Å²) in [5, 5.41) is 11.7. The molecule has 0 spiro atoms. The van der Waals surface area contributed by atoms with Crippen LogP contribution < -0.4 is 4.74 Å². The van der Waals surface area contributed by atoms with Crippen molar-refractivity contribution in [2.24, 2.45) is 0 Å². The predicted molar refractivity (Wildman–Crippen MR) is 76.3 cm³/mol. The molecule has 0 saturated heterocycles. The van der Waals surface area contributed by atoms with Crippen LogP contribution in [0.5, 0.6) is 11.6 Å². The summed E-state index contributed by atoms with van der Waals surface area (Å²) in [7, 11) is 0. The molecule has 2 aromatic heterocycles. The van der Waals surface area contributed by atoms with E-state index < -0.39 is 5.97 Å². The quantitative estimate of drug-likeness (QED) is 0.798. The number of aryl methyl sites for hydroxylation is 1. The van der Waals surface area contributed by atoms with Gasteiger partial charge in [-0.2, -0.15) is 4.98 Å². The number of hydrogen-bond acceptors (Lipinski definition) is 4. The maximum atomic E-state index is 11.3. The maximum absolute atomic E-state index is 11.3. The number of imidazole rings is 1. The highest BCUT2D eigenvalue weighted by Gasteiger charge is 2.21. The van der Waals surface area contributed by atoms with E-state index in [-0.39, 0.29) is 11.6 Å². The number of nitrogens with zero attached hydrogens (tertiary/aromatic N) is 2. The third kappa shape index (κ3) is 2.13. The van der Waals surface area contributed by atoms with Gasteiger partial charge in [-0.3, -0.25) is 4.40 Å². The van der Waals surface area contributed by atoms with E-state index in [4.69, 9.17) is 16.3 Å². The van der Waals surface area contributed by atoms with Gasteiger partial charge in [0.1, 0.15) is 5.75 Å². The average molecular weight is 309 g/mol. The van der Waals surface area contributed by atoms with Gasteiger partial charge < -0.3 is 9.84 Å². The number of halogens is 1. The summed E-state index contributed by atoms with van der Waals surface area (Å²) in [5.74, 6) is -0.511. The zero-order chi connectivity index (χ0) is 14.3. The largest absolute Gasteiger partial charge is 0.476 e. The first-order valence-electron chi connectivity index (χ1n) is 5.69. The molecule has 5 nitrogen and oxygen atoms in total. The van der Waals surface area contributed by atoms with Crippen molar-refractivity contribution in [3.8, 4) is 11.6 Å². The van der Waals surface area contributed by atoms with Crippen molar-refractivity contribution in [1.29, 1.82) is 0 Å². The number of rotatable bonds is 3. The summed E-state index contributed by atoms with van der Waals surface area (Å²) in [5.41, 5.74) is 0.857. The van der Waals surface area contributed by atoms with Gasteiger partial charge in [0.15, 0.2) is 10.7 Å². The van der Waals surface area contributed by atoms with Crippen molar-refractivity contribution in [3.05, 3.63) is 46.1 Å². The molecule has 3 aromatic rings. The van der Waals surface area contributed by atoms with Crippen molar-refractivity contribution in [3.63, 3.8) is 0 Å². The Labute approximate surface area is 123 Å². The minimum Gasteiger partial charge on any atom is -0.476 e. The van der Waals surface area contributed by atoms with Crippen LogP contribution >= 0.6 is 22.9 Å². The molecular formula is C13H9ClN2O3S. The highest BCUT2D eigenvalue weighted by molar-refractivity contribution is 7.15. The first-order chi connectivity index (χ1) is 9.56. The molecule has 0 aliphatic rings. The van der Waals surface area contributed by atoms with Crippen LogP contribution in [-0.4, -0.2) is 20.5 Å². The lowest BCUT2D eigenvalue weighted by molar-refractivity contribution is 0.0686. The first kappa shape index (κ1) is 13.0. The Morgan fingerprint density at radius 2 is 2.30 bits per heavy atom. The molecule has 0 saturated carbocycles. The van der Waals surface area contributed by atoms with Gasteiger partial charge in [-0.25, -0.2) is 4.79 Å². The summed E-state index contributed by atoms with van der Waals surface area (Å²) >= 11 is 7.29. The molecule has 7 heteroatoms. The lowest BCUT2D eigenvalue weighted by atomic mass is 10.2. The van der Waals surface area contributed by atoms with E-state index in [0.717, 1.165) is 5.56 Å². The van der Waals surface area contributed by atoms with Crippen molar-refractivity contribution in [1.82, 2.24) is 9.38 Å². The second-order valence-electron chi connectivity index (χ2n) is 4.14. The Hall–Kier alpha value is -2.05. The summed E-state index contributed by atoms with van der Waals surface area (Å²) < 4.78 is 7.08. The van der Waals surface area contributed by atoms with Gasteiger partial charge in [-0.05, 0) is 30.7 Å². The molecule has 0 aliphatic carbocycles. The number of hydrogen-bond donors (Lipinski definition) is 1. The van der Waals surface area contributed by atoms with Crippen molar-refractivity contribution in [2.45, 2.75) is 6.92 Å². The van der Waals surface area contributed by atoms with Crippen LogP contribution in [0.25, 0.3) is 4.96 Å². The van der Waals surface area contributed by atoms with Gasteiger partial charge in [-0.1, -0.05) is 11.6 Å². The maximum Gasteiger partial charge on any atom is 0.358 e. The van der Waals surface area contributed by atoms with Gasteiger partial charge >= 0.3 is 5.97 Å². The van der Waals surface area contributed by atoms with Gasteiger partial charge in [0.25, 0.3) is 5.88 Å². The van der Waals surface area contributed by atoms with Crippen LogP contribution in [0.2, 0.25) is 5.02 Å². The fraction of sp³-hybridized carbons (Fsp3) is 0.0769. The minimum atomic E-state index is -1.09. The molecule has 0 aliphatic heterocycles. The standard InChI is InChI=1S/C13H9ClN2O3S/c1-7-6-8(2-3-9(7)14)19-11-10(12(17)18)16-4-5-20-13(16)15-11/h2-6H,1H3,(H,17,18). The van der Waals surface area contributed by atoms with Crippen LogP contribution in [0.3, 0.4) is 0 Å². The number of thiazole rings is 1. The van der Waals surface area contributed by atoms with Gasteiger partial charge in [0, 0.05) is 16.6 Å². The van der Waals surface area contributed by atoms with Crippen LogP contribution in [0.4, 0.5) is 0 Å². The van der Waals surface area contributed by atoms with E-state index in [1.165, 1.54) is 15.7 Å². The van der Waals surface area contributed by atoms with E-state index >= 15 is 0 Å². The molecular weight excluding hydrogens is 300 g/mol. The molecule has 1 aromatic carbocycles. The molecule has 3 rings (SSSR count). The first-order valence-corrected chi connectivity index (χ1v) is 6.95. The van der Waals surface area contributed by atoms with Crippen LogP contribution in [0.15, 0.2) is 29.8 Å². The van der Waals surface area contributed by atoms with E-state index in [9.17, 15) is 9.90 Å². The van der Waals surface area contributed by atoms with Gasteiger partial charge in [0.05, 0.1) is 0 Å². The Balaban J connectivity index is 2.05. The number of carboxylic acid groups (broad SMARTS) is 1. The molecule has 0 radical (unpaired) electrons. The lowest BCUT2D eigenvalue weighted by Gasteiger charge is -2.05. The molecule has 2 heterocycles. The highest BCUT2D eigenvalue weighted by atomic mass is 35.5. The van der Waals surface area contributed by atoms with Crippen LogP contribution in [-0.2, 0) is 0 Å². The Morgan fingerprint density at radius 3 is 3.00 bits per heavy atom. The lowest BCUT2D eigenvalue weighted by Crippen LogP contribution is -2.02. The van der Waals surface area contributed by atoms with Crippen molar-refractivity contribution >= 4 is 33.9 Å². The number of aromatic nitrogens is 2. The van der Waals surface area contributed by atoms with Crippen molar-refractivity contribution < 1.29 is 14.6 Å². The zero-order valence-corrected chi connectivity index (χ0v) is 11.9. The van der Waals surface area contributed by atoms with E-state index in [2.05, 4.69) is 4.98 Å². The minimum absolute atomic E-state index is 0.00820. The molecule has 1 N–H and O–H groups in total. The monoisotopic (exact) mass is 308 g/mol. The number of benzene rings is 1. The highest BCUT2D eigenvalue weighted by Crippen LogP contribution is 2.29. The second-order valence-corrected chi connectivity index (χ2v) is 5.42. The summed E-state index contributed by atoms with van der Waals surface area (Å²) in [6, 6.07) is 5.11. The topological polar surface area (TPSA) is 63.8 Å². The Bertz CT molecular complexity index is 809. The summed E-state index contributed by atoms with van der Waals surface area (Å²) in [6.45, 7) is 1.85. The van der Waals surface area contributed by atoms with Crippen LogP contribution in [0, 0.1) is 6.92 Å². The third-order valence-electron chi connectivity index (χ3n) is 2.78. The smallest absolute Gasteiger partial charge is 0.358 e. The molecule has 0 fully saturated rings. The molecule has 0 amide bonds. The zero-order valence-electron chi connectivity index (χ0n) is 10.3. The van der Waals surface area contributed by atoms with E-state index in [0.29, 0.717) is 15.7 Å². The molecule has 102 valence electrons. The fourth-order valence-corrected chi connectivity index (χ4v) is 2.65. The number of carbonyl (C=O) groups is 1. The Kier molecular flexibility index (Phi) is 3.11. The van der Waals surface area contributed by atoms with Crippen LogP contribution in [0.1, 0.15) is 16.1 Å². The SMILES string of the molecule is Cc1cc(Oc2nc3sccn3c2C(=O)O)ccc1Cl. The fourth-order valence-electron chi connectivity index (χ4n) is 1.82. The number of ether oxygens (including phenoxy) is 1. The normalized spacial score (nSPS) is 10.9.